The van der Waals surface area contributed by atoms with Crippen molar-refractivity contribution in [1.82, 2.24) is 0 Å². The molecule has 3 heterocycles. The summed E-state index contributed by atoms with van der Waals surface area (Å²) in [5, 5.41) is 105. The van der Waals surface area contributed by atoms with Crippen molar-refractivity contribution in [2.45, 2.75) is 36.4 Å². The molecule has 4 aromatic rings. The van der Waals surface area contributed by atoms with Crippen molar-refractivity contribution in [2.24, 2.45) is 0 Å². The van der Waals surface area contributed by atoms with E-state index >= 15 is 0 Å². The van der Waals surface area contributed by atoms with Gasteiger partial charge in [0.05, 0.1) is 12.0 Å². The molecule has 0 saturated heterocycles. The van der Waals surface area contributed by atoms with E-state index < -0.39 is 64.5 Å². The summed E-state index contributed by atoms with van der Waals surface area (Å²) >= 11 is 0. The van der Waals surface area contributed by atoms with Gasteiger partial charge in [0.25, 0.3) is 0 Å². The molecular weight excluding hydrogens is 568 g/mol. The normalized spacial score (nSPS) is 24.9. The van der Waals surface area contributed by atoms with Crippen LogP contribution in [0.15, 0.2) is 48.5 Å². The smallest absolute Gasteiger partial charge is 0.305 e. The zero-order valence-corrected chi connectivity index (χ0v) is 21.8. The van der Waals surface area contributed by atoms with E-state index in [9.17, 15) is 51.1 Å². The number of aliphatic hydroxyl groups excluding tert-OH is 2. The zero-order chi connectivity index (χ0) is 30.5. The second-order valence-electron chi connectivity index (χ2n) is 10.7. The van der Waals surface area contributed by atoms with Crippen LogP contribution in [0.25, 0.3) is 0 Å². The minimum absolute atomic E-state index is 0.00718. The molecule has 7 rings (SSSR count). The summed E-state index contributed by atoms with van der Waals surface area (Å²) in [6.07, 6.45) is -4.22. The van der Waals surface area contributed by atoms with Crippen LogP contribution in [0.3, 0.4) is 0 Å². The minimum atomic E-state index is -2.26. The Labute approximate surface area is 241 Å². The van der Waals surface area contributed by atoms with Gasteiger partial charge in [-0.2, -0.15) is 0 Å². The lowest BCUT2D eigenvalue weighted by Gasteiger charge is -2.50. The van der Waals surface area contributed by atoms with Crippen molar-refractivity contribution in [2.75, 3.05) is 0 Å². The van der Waals surface area contributed by atoms with Crippen LogP contribution in [-0.4, -0.2) is 63.3 Å². The second-order valence-corrected chi connectivity index (χ2v) is 10.7. The maximum atomic E-state index is 11.9. The second kappa shape index (κ2) is 8.80. The topological polar surface area (TPSA) is 230 Å². The summed E-state index contributed by atoms with van der Waals surface area (Å²) in [5.74, 6) is -8.15. The predicted octanol–water partition coefficient (Wildman–Crippen LogP) is 2.50. The molecule has 4 aromatic carbocycles. The lowest BCUT2D eigenvalue weighted by molar-refractivity contribution is -0.219. The van der Waals surface area contributed by atoms with Gasteiger partial charge in [0.15, 0.2) is 28.7 Å². The van der Waals surface area contributed by atoms with Gasteiger partial charge in [-0.3, -0.25) is 0 Å². The van der Waals surface area contributed by atoms with Crippen molar-refractivity contribution in [3.05, 3.63) is 76.3 Å². The van der Waals surface area contributed by atoms with Gasteiger partial charge in [0.2, 0.25) is 0 Å². The standard InChI is InChI=1S/C30H24O13/c31-12-6-17(35)23-21(7-12)42-30(11-4-18(36)26(39)19(37)5-11)29(40)25(23)24-22(43-30)9-15(33)13-8-20(38)27(41-28(13)24)10-1-2-14(32)16(34)3-10/h1-7,9,20,25,27,29,31-40H,8H2/t20-,25-,27+,29-,30+/m0/s1. The van der Waals surface area contributed by atoms with E-state index in [1.165, 1.54) is 24.3 Å². The predicted molar refractivity (Wildman–Crippen MR) is 143 cm³/mol. The highest BCUT2D eigenvalue weighted by molar-refractivity contribution is 5.68. The lowest BCUT2D eigenvalue weighted by Crippen LogP contribution is -2.57. The van der Waals surface area contributed by atoms with Crippen molar-refractivity contribution < 1.29 is 65.3 Å². The number of ether oxygens (including phenoxy) is 3. The average molecular weight is 593 g/mol. The number of aliphatic hydroxyl groups is 2. The molecule has 5 atom stereocenters. The molecule has 0 amide bonds. The minimum Gasteiger partial charge on any atom is -0.508 e. The molecule has 2 bridgehead atoms. The highest BCUT2D eigenvalue weighted by atomic mass is 16.7. The number of benzene rings is 4. The van der Waals surface area contributed by atoms with Crippen LogP contribution in [0.5, 0.6) is 63.2 Å². The Hall–Kier alpha value is -5.40. The summed E-state index contributed by atoms with van der Waals surface area (Å²) in [6, 6.07) is 9.25. The Morgan fingerprint density at radius 2 is 1.33 bits per heavy atom. The maximum absolute atomic E-state index is 11.9. The van der Waals surface area contributed by atoms with E-state index in [4.69, 9.17) is 14.2 Å². The van der Waals surface area contributed by atoms with E-state index in [0.717, 1.165) is 24.3 Å². The molecule has 0 spiro atoms. The molecule has 0 aliphatic carbocycles. The monoisotopic (exact) mass is 592 g/mol. The van der Waals surface area contributed by atoms with Crippen LogP contribution in [0, 0.1) is 0 Å². The molecule has 0 radical (unpaired) electrons. The van der Waals surface area contributed by atoms with Gasteiger partial charge >= 0.3 is 5.79 Å². The van der Waals surface area contributed by atoms with Gasteiger partial charge in [-0.25, -0.2) is 0 Å². The van der Waals surface area contributed by atoms with Crippen molar-refractivity contribution >= 4 is 0 Å². The van der Waals surface area contributed by atoms with E-state index in [-0.39, 0.29) is 63.0 Å². The number of hydrogen-bond acceptors (Lipinski definition) is 13. The average Bonchev–Trinajstić information content (AvgIpc) is 2.93. The third kappa shape index (κ3) is 3.65. The van der Waals surface area contributed by atoms with Gasteiger partial charge in [0, 0.05) is 46.9 Å². The first-order chi connectivity index (χ1) is 20.4. The highest BCUT2D eigenvalue weighted by Crippen LogP contribution is 2.62. The van der Waals surface area contributed by atoms with Crippen molar-refractivity contribution in [3.63, 3.8) is 0 Å². The summed E-state index contributed by atoms with van der Waals surface area (Å²) in [5.41, 5.74) is 0.419. The molecule has 3 aliphatic heterocycles. The summed E-state index contributed by atoms with van der Waals surface area (Å²) < 4.78 is 18.5. The summed E-state index contributed by atoms with van der Waals surface area (Å²) in [6.45, 7) is 0. The quantitative estimate of drug-likeness (QED) is 0.151. The van der Waals surface area contributed by atoms with Crippen LogP contribution in [-0.2, 0) is 12.2 Å². The molecule has 43 heavy (non-hydrogen) atoms. The van der Waals surface area contributed by atoms with Gasteiger partial charge in [-0.15, -0.1) is 0 Å². The Morgan fingerprint density at radius 3 is 2.00 bits per heavy atom. The Bertz CT molecular complexity index is 1810. The van der Waals surface area contributed by atoms with Gasteiger partial charge < -0.3 is 65.3 Å². The number of rotatable bonds is 2. The molecule has 10 N–H and O–H groups in total. The van der Waals surface area contributed by atoms with Crippen LogP contribution < -0.4 is 14.2 Å². The Kier molecular flexibility index (Phi) is 5.42. The van der Waals surface area contributed by atoms with Crippen LogP contribution in [0.4, 0.5) is 0 Å². The fraction of sp³-hybridized carbons (Fsp3) is 0.200. The first kappa shape index (κ1) is 26.5. The fourth-order valence-electron chi connectivity index (χ4n) is 6.16. The van der Waals surface area contributed by atoms with E-state index in [2.05, 4.69) is 0 Å². The molecule has 0 fully saturated rings. The molecule has 13 nitrogen and oxygen atoms in total. The van der Waals surface area contributed by atoms with Gasteiger partial charge in [-0.1, -0.05) is 6.07 Å². The van der Waals surface area contributed by atoms with Crippen LogP contribution >= 0.6 is 0 Å². The largest absolute Gasteiger partial charge is 0.508 e. The molecule has 3 aliphatic rings. The third-order valence-corrected chi connectivity index (χ3v) is 8.12. The number of hydrogen-bond donors (Lipinski definition) is 10. The summed E-state index contributed by atoms with van der Waals surface area (Å²) in [7, 11) is 0. The van der Waals surface area contributed by atoms with Crippen molar-refractivity contribution in [3.8, 4) is 63.2 Å². The van der Waals surface area contributed by atoms with E-state index in [1.807, 2.05) is 0 Å². The molecule has 13 heteroatoms. The molecule has 0 saturated carbocycles. The Balaban J connectivity index is 1.48. The van der Waals surface area contributed by atoms with Gasteiger partial charge in [-0.05, 0) is 29.8 Å². The molecule has 0 aromatic heterocycles. The number of fused-ring (bicyclic) bond motifs is 8. The Morgan fingerprint density at radius 1 is 0.651 bits per heavy atom. The van der Waals surface area contributed by atoms with Crippen LogP contribution in [0.1, 0.15) is 39.8 Å². The highest BCUT2D eigenvalue weighted by Gasteiger charge is 2.60. The molecular formula is C30H24O13. The molecule has 0 unspecified atom stereocenters. The lowest BCUT2D eigenvalue weighted by atomic mass is 9.74. The maximum Gasteiger partial charge on any atom is 0.305 e. The number of phenolic OH excluding ortho intramolecular Hbond substituents is 8. The third-order valence-electron chi connectivity index (χ3n) is 8.12. The number of phenols is 8. The summed E-state index contributed by atoms with van der Waals surface area (Å²) in [4.78, 5) is 0. The van der Waals surface area contributed by atoms with Gasteiger partial charge in [0.1, 0.15) is 46.7 Å². The SMILES string of the molecule is Oc1cc(O)c2c(c1)O[C@]1(c3cc(O)c(O)c(O)c3)Oc3cc(O)c4c(c3[C@H]2[C@@H]1O)O[C@H](c1ccc(O)c(O)c1)[C@@H](O)C4. The zero-order valence-electron chi connectivity index (χ0n) is 21.8. The van der Waals surface area contributed by atoms with Crippen LogP contribution in [0.2, 0.25) is 0 Å². The molecule has 222 valence electrons. The van der Waals surface area contributed by atoms with Crippen molar-refractivity contribution in [1.29, 1.82) is 0 Å². The van der Waals surface area contributed by atoms with E-state index in [1.54, 1.807) is 0 Å². The number of aromatic hydroxyl groups is 8. The first-order valence-electron chi connectivity index (χ1n) is 13.0. The fourth-order valence-corrected chi connectivity index (χ4v) is 6.16. The first-order valence-corrected chi connectivity index (χ1v) is 13.0. The van der Waals surface area contributed by atoms with E-state index in [0.29, 0.717) is 0 Å².